The van der Waals surface area contributed by atoms with Gasteiger partial charge in [-0.05, 0) is 72.7 Å². The van der Waals surface area contributed by atoms with Gasteiger partial charge in [0.15, 0.2) is 34.5 Å². The van der Waals surface area contributed by atoms with Crippen molar-refractivity contribution in [3.8, 4) is 34.5 Å². The lowest BCUT2D eigenvalue weighted by Crippen LogP contribution is -2.53. The number of aliphatic hydroxyl groups is 1. The second kappa shape index (κ2) is 21.0. The number of likely N-dealkylation sites (N-methyl/N-ethyl adjacent to an activating group) is 2. The number of quaternary nitrogens is 2. The SMILES string of the molecule is COc1ccc(C[C@@H]2c3cc(OC)c(OC)cc3CC[N+]2(C)CCC(=O)OCCCCCCOC(=O)CC[N+]2(C)CCc3cc(OC)c(OC)c(CO)c3C2)cc1OC. The van der Waals surface area contributed by atoms with E-state index in [1.807, 2.05) is 18.2 Å². The molecule has 0 radical (unpaired) electrons. The Morgan fingerprint density at radius 2 is 1.24 bits per heavy atom. The van der Waals surface area contributed by atoms with Gasteiger partial charge in [-0.2, -0.15) is 0 Å². The second-order valence-corrected chi connectivity index (χ2v) is 16.2. The van der Waals surface area contributed by atoms with Gasteiger partial charge in [0.1, 0.15) is 12.6 Å². The Balaban J connectivity index is 1.04. The van der Waals surface area contributed by atoms with Crippen LogP contribution in [0.5, 0.6) is 34.5 Å². The van der Waals surface area contributed by atoms with E-state index in [0.717, 1.165) is 80.3 Å². The van der Waals surface area contributed by atoms with E-state index in [1.54, 1.807) is 42.7 Å². The van der Waals surface area contributed by atoms with Crippen molar-refractivity contribution < 1.29 is 61.6 Å². The minimum Gasteiger partial charge on any atom is -0.493 e. The molecule has 3 aromatic carbocycles. The Kier molecular flexibility index (Phi) is 16.1. The molecule has 3 atom stereocenters. The number of carbonyl (C=O) groups is 2. The summed E-state index contributed by atoms with van der Waals surface area (Å²) in [5.74, 6) is 3.57. The Morgan fingerprint density at radius 3 is 1.85 bits per heavy atom. The van der Waals surface area contributed by atoms with Crippen molar-refractivity contribution in [1.82, 2.24) is 0 Å². The van der Waals surface area contributed by atoms with Crippen LogP contribution in [0.1, 0.15) is 77.9 Å². The molecule has 2 aliphatic rings. The van der Waals surface area contributed by atoms with Crippen LogP contribution in [0.3, 0.4) is 0 Å². The predicted molar refractivity (Wildman–Crippen MR) is 224 cm³/mol. The molecule has 3 aromatic rings. The quantitative estimate of drug-likeness (QED) is 0.0713. The standard InChI is InChI=1S/C46H66N2O11/c1-47(19-15-34-28-43(56-7)46(57-8)37(31-49)36(34)30-47)20-17-44(50)58-23-11-9-10-12-24-59-45(51)18-22-48(2)21-16-33-27-41(54-5)42(55-6)29-35(33)38(48)25-32-13-14-39(52-3)40(26-32)53-4/h13-14,26-29,38,49H,9-12,15-25,30-31H2,1-8H3/q+2/t38-,47?,48?/m1/s1. The highest BCUT2D eigenvalue weighted by atomic mass is 16.5. The maximum Gasteiger partial charge on any atom is 0.311 e. The molecule has 0 aliphatic carbocycles. The van der Waals surface area contributed by atoms with Crippen molar-refractivity contribution in [3.05, 3.63) is 69.8 Å². The number of fused-ring (bicyclic) bond motifs is 2. The highest BCUT2D eigenvalue weighted by Crippen LogP contribution is 2.44. The highest BCUT2D eigenvalue weighted by molar-refractivity contribution is 5.69. The molecule has 0 aromatic heterocycles. The molecule has 1 N–H and O–H groups in total. The van der Waals surface area contributed by atoms with Crippen molar-refractivity contribution in [2.24, 2.45) is 0 Å². The van der Waals surface area contributed by atoms with E-state index in [1.165, 1.54) is 11.1 Å². The Morgan fingerprint density at radius 1 is 0.661 bits per heavy atom. The third-order valence-electron chi connectivity index (χ3n) is 12.4. The summed E-state index contributed by atoms with van der Waals surface area (Å²) in [6.07, 6.45) is 6.32. The normalized spacial score (nSPS) is 19.5. The summed E-state index contributed by atoms with van der Waals surface area (Å²) in [6.45, 7) is 4.33. The van der Waals surface area contributed by atoms with Crippen LogP contribution < -0.4 is 28.4 Å². The highest BCUT2D eigenvalue weighted by Gasteiger charge is 2.40. The average Bonchev–Trinajstić information content (AvgIpc) is 3.25. The van der Waals surface area contributed by atoms with Gasteiger partial charge in [0.25, 0.3) is 0 Å². The molecule has 0 amide bonds. The van der Waals surface area contributed by atoms with Crippen molar-refractivity contribution in [2.45, 2.75) is 77.0 Å². The monoisotopic (exact) mass is 822 g/mol. The summed E-state index contributed by atoms with van der Waals surface area (Å²) in [7, 11) is 14.1. The second-order valence-electron chi connectivity index (χ2n) is 16.2. The molecule has 59 heavy (non-hydrogen) atoms. The van der Waals surface area contributed by atoms with E-state index >= 15 is 0 Å². The van der Waals surface area contributed by atoms with Gasteiger partial charge in [0.05, 0.1) is 116 Å². The average molecular weight is 823 g/mol. The summed E-state index contributed by atoms with van der Waals surface area (Å²) in [4.78, 5) is 25.7. The van der Waals surface area contributed by atoms with E-state index in [4.69, 9.17) is 37.9 Å². The van der Waals surface area contributed by atoms with Gasteiger partial charge in [-0.25, -0.2) is 0 Å². The van der Waals surface area contributed by atoms with Crippen LogP contribution in [0, 0.1) is 0 Å². The molecule has 324 valence electrons. The fourth-order valence-electron chi connectivity index (χ4n) is 8.74. The Bertz CT molecular complexity index is 1900. The van der Waals surface area contributed by atoms with Gasteiger partial charge in [-0.3, -0.25) is 9.59 Å². The number of ether oxygens (including phenoxy) is 8. The first-order valence-electron chi connectivity index (χ1n) is 20.8. The molecule has 13 heteroatoms. The zero-order chi connectivity index (χ0) is 42.6. The first-order chi connectivity index (χ1) is 28.4. The number of rotatable bonds is 22. The fourth-order valence-corrected chi connectivity index (χ4v) is 8.74. The molecule has 0 spiro atoms. The van der Waals surface area contributed by atoms with Crippen molar-refractivity contribution in [2.75, 3.05) is 96.1 Å². The number of benzene rings is 3. The number of nitrogens with zero attached hydrogens (tertiary/aromatic N) is 2. The molecule has 5 rings (SSSR count). The lowest BCUT2D eigenvalue weighted by Gasteiger charge is -2.46. The summed E-state index contributed by atoms with van der Waals surface area (Å²) >= 11 is 0. The number of hydrogen-bond donors (Lipinski definition) is 1. The lowest BCUT2D eigenvalue weighted by atomic mass is 9.86. The first kappa shape index (κ1) is 45.4. The number of carbonyl (C=O) groups excluding carboxylic acids is 2. The number of hydrogen-bond acceptors (Lipinski definition) is 11. The minimum atomic E-state index is -0.197. The summed E-state index contributed by atoms with van der Waals surface area (Å²) in [5, 5.41) is 10.2. The van der Waals surface area contributed by atoms with Crippen LogP contribution in [0.2, 0.25) is 0 Å². The molecule has 2 aliphatic heterocycles. The predicted octanol–water partition coefficient (Wildman–Crippen LogP) is 6.15. The molecule has 0 fully saturated rings. The van der Waals surface area contributed by atoms with Crippen LogP contribution in [-0.2, 0) is 51.5 Å². The van der Waals surface area contributed by atoms with E-state index in [9.17, 15) is 14.7 Å². The topological polar surface area (TPSA) is 128 Å². The van der Waals surface area contributed by atoms with Gasteiger partial charge in [-0.1, -0.05) is 6.07 Å². The largest absolute Gasteiger partial charge is 0.493 e. The van der Waals surface area contributed by atoms with Gasteiger partial charge in [-0.15, -0.1) is 0 Å². The molecule has 0 saturated carbocycles. The molecule has 2 unspecified atom stereocenters. The number of methoxy groups -OCH3 is 6. The minimum absolute atomic E-state index is 0.0558. The molecule has 0 bridgehead atoms. The Hall–Kier alpha value is -4.72. The van der Waals surface area contributed by atoms with Crippen LogP contribution in [0.4, 0.5) is 0 Å². The van der Waals surface area contributed by atoms with Crippen molar-refractivity contribution in [3.63, 3.8) is 0 Å². The number of esters is 2. The van der Waals surface area contributed by atoms with Crippen molar-refractivity contribution >= 4 is 11.9 Å². The smallest absolute Gasteiger partial charge is 0.311 e. The van der Waals surface area contributed by atoms with Gasteiger partial charge in [0.2, 0.25) is 0 Å². The molecule has 0 saturated heterocycles. The third-order valence-corrected chi connectivity index (χ3v) is 12.4. The van der Waals surface area contributed by atoms with Gasteiger partial charge >= 0.3 is 11.9 Å². The summed E-state index contributed by atoms with van der Waals surface area (Å²) in [5.41, 5.74) is 6.50. The number of unbranched alkanes of at least 4 members (excludes halogenated alkanes) is 3. The zero-order valence-electron chi connectivity index (χ0n) is 36.5. The van der Waals surface area contributed by atoms with Crippen LogP contribution in [-0.4, -0.2) is 122 Å². The number of aliphatic hydroxyl groups excluding tert-OH is 1. The molecular formula is C46H66N2O11+2. The summed E-state index contributed by atoms with van der Waals surface area (Å²) < 4.78 is 46.1. The van der Waals surface area contributed by atoms with E-state index in [-0.39, 0.29) is 24.6 Å². The zero-order valence-corrected chi connectivity index (χ0v) is 36.5. The van der Waals surface area contributed by atoms with Crippen molar-refractivity contribution in [1.29, 1.82) is 0 Å². The van der Waals surface area contributed by atoms with Crippen LogP contribution in [0.15, 0.2) is 36.4 Å². The van der Waals surface area contributed by atoms with Gasteiger partial charge in [0, 0.05) is 36.0 Å². The van der Waals surface area contributed by atoms with E-state index in [2.05, 4.69) is 32.3 Å². The molecule has 13 nitrogen and oxygen atoms in total. The summed E-state index contributed by atoms with van der Waals surface area (Å²) in [6, 6.07) is 12.3. The fraction of sp³-hybridized carbons (Fsp3) is 0.565. The molecular weight excluding hydrogens is 757 g/mol. The molecule has 2 heterocycles. The van der Waals surface area contributed by atoms with E-state index in [0.29, 0.717) is 89.2 Å². The van der Waals surface area contributed by atoms with Crippen LogP contribution in [0.25, 0.3) is 0 Å². The maximum atomic E-state index is 13.1. The van der Waals surface area contributed by atoms with Gasteiger partial charge < -0.3 is 52.0 Å². The Labute approximate surface area is 350 Å². The maximum absolute atomic E-state index is 13.1. The van der Waals surface area contributed by atoms with Crippen LogP contribution >= 0.6 is 0 Å². The first-order valence-corrected chi connectivity index (χ1v) is 20.8. The lowest BCUT2D eigenvalue weighted by molar-refractivity contribution is -0.940. The van der Waals surface area contributed by atoms with E-state index < -0.39 is 0 Å². The third kappa shape index (κ3) is 11.1.